The van der Waals surface area contributed by atoms with E-state index in [0.29, 0.717) is 18.7 Å². The lowest BCUT2D eigenvalue weighted by Gasteiger charge is -2.14. The maximum absolute atomic E-state index is 12.5. The lowest BCUT2D eigenvalue weighted by molar-refractivity contribution is -0.122. The molecular formula is C15H13N3O2. The first-order valence-electron chi connectivity index (χ1n) is 6.73. The fraction of sp³-hybridized carbons (Fsp3) is 0.267. The molecular weight excluding hydrogens is 254 g/mol. The number of carbonyl (C=O) groups is 2. The molecule has 1 N–H and O–H groups in total. The summed E-state index contributed by atoms with van der Waals surface area (Å²) >= 11 is 0. The lowest BCUT2D eigenvalue weighted by atomic mass is 9.85. The number of imide groups is 1. The van der Waals surface area contributed by atoms with Crippen LogP contribution in [0.4, 0.5) is 5.82 Å². The number of aromatic nitrogens is 2. The van der Waals surface area contributed by atoms with Gasteiger partial charge in [0.15, 0.2) is 5.82 Å². The van der Waals surface area contributed by atoms with E-state index in [1.54, 1.807) is 0 Å². The van der Waals surface area contributed by atoms with E-state index >= 15 is 0 Å². The molecule has 0 saturated carbocycles. The van der Waals surface area contributed by atoms with Crippen molar-refractivity contribution in [1.82, 2.24) is 10.2 Å². The molecule has 2 unspecified atom stereocenters. The Morgan fingerprint density at radius 3 is 2.40 bits per heavy atom. The second-order valence-corrected chi connectivity index (χ2v) is 5.26. The molecule has 5 heteroatoms. The molecule has 0 radical (unpaired) electrons. The van der Waals surface area contributed by atoms with Crippen LogP contribution in [-0.2, 0) is 9.59 Å². The van der Waals surface area contributed by atoms with Gasteiger partial charge in [-0.25, -0.2) is 4.90 Å². The summed E-state index contributed by atoms with van der Waals surface area (Å²) in [4.78, 5) is 26.3. The SMILES string of the molecule is O=C1C2CC=CCC2C(=O)N1c1n[nH]c2ccccc12. The molecule has 1 fully saturated rings. The Bertz CT molecular complexity index is 720. The van der Waals surface area contributed by atoms with Crippen molar-refractivity contribution < 1.29 is 9.59 Å². The molecule has 2 amide bonds. The van der Waals surface area contributed by atoms with Crippen molar-refractivity contribution in [3.05, 3.63) is 36.4 Å². The number of anilines is 1. The van der Waals surface area contributed by atoms with Gasteiger partial charge in [0.2, 0.25) is 11.8 Å². The average Bonchev–Trinajstić information content (AvgIpc) is 3.01. The van der Waals surface area contributed by atoms with Gasteiger partial charge in [0.1, 0.15) is 0 Å². The highest BCUT2D eigenvalue weighted by molar-refractivity contribution is 6.24. The van der Waals surface area contributed by atoms with Crippen molar-refractivity contribution in [2.24, 2.45) is 11.8 Å². The number of nitrogens with zero attached hydrogens (tertiary/aromatic N) is 2. The van der Waals surface area contributed by atoms with Crippen LogP contribution < -0.4 is 4.90 Å². The minimum absolute atomic E-state index is 0.124. The summed E-state index contributed by atoms with van der Waals surface area (Å²) in [5, 5.41) is 7.86. The van der Waals surface area contributed by atoms with Gasteiger partial charge in [0, 0.05) is 5.39 Å². The molecule has 1 aromatic carbocycles. The number of H-pyrrole nitrogens is 1. The number of allylic oxidation sites excluding steroid dienone is 2. The standard InChI is InChI=1S/C15H13N3O2/c19-14-9-5-1-2-6-10(9)15(20)18(14)13-11-7-3-4-8-12(11)16-17-13/h1-4,7-10H,5-6H2,(H,16,17). The van der Waals surface area contributed by atoms with E-state index < -0.39 is 0 Å². The third-order valence-electron chi connectivity index (χ3n) is 4.17. The molecule has 1 aliphatic heterocycles. The summed E-state index contributed by atoms with van der Waals surface area (Å²) < 4.78 is 0. The van der Waals surface area contributed by atoms with Crippen LogP contribution in [0.1, 0.15) is 12.8 Å². The summed E-state index contributed by atoms with van der Waals surface area (Å²) in [6.45, 7) is 0. The summed E-state index contributed by atoms with van der Waals surface area (Å²) in [6.07, 6.45) is 5.26. The molecule has 4 rings (SSSR count). The summed E-state index contributed by atoms with van der Waals surface area (Å²) in [5.74, 6) is -0.251. The Balaban J connectivity index is 1.83. The number of nitrogens with one attached hydrogen (secondary N) is 1. The van der Waals surface area contributed by atoms with Crippen molar-refractivity contribution in [1.29, 1.82) is 0 Å². The van der Waals surface area contributed by atoms with Crippen molar-refractivity contribution in [2.45, 2.75) is 12.8 Å². The Labute approximate surface area is 115 Å². The lowest BCUT2D eigenvalue weighted by Crippen LogP contribution is -2.31. The molecule has 100 valence electrons. The second kappa shape index (κ2) is 4.03. The first-order valence-corrected chi connectivity index (χ1v) is 6.73. The fourth-order valence-electron chi connectivity index (χ4n) is 3.13. The zero-order chi connectivity index (χ0) is 13.7. The predicted octanol–water partition coefficient (Wildman–Crippen LogP) is 2.02. The zero-order valence-electron chi connectivity index (χ0n) is 10.7. The van der Waals surface area contributed by atoms with Crippen LogP contribution in [-0.4, -0.2) is 22.0 Å². The summed E-state index contributed by atoms with van der Waals surface area (Å²) in [6, 6.07) is 7.52. The highest BCUT2D eigenvalue weighted by Gasteiger charge is 2.48. The highest BCUT2D eigenvalue weighted by Crippen LogP contribution is 2.38. The van der Waals surface area contributed by atoms with E-state index in [4.69, 9.17) is 0 Å². The maximum atomic E-state index is 12.5. The first-order chi connectivity index (χ1) is 9.77. The topological polar surface area (TPSA) is 66.1 Å². The smallest absolute Gasteiger partial charge is 0.239 e. The molecule has 0 spiro atoms. The third-order valence-corrected chi connectivity index (χ3v) is 4.17. The van der Waals surface area contributed by atoms with E-state index in [-0.39, 0.29) is 23.7 Å². The van der Waals surface area contributed by atoms with E-state index in [1.165, 1.54) is 4.90 Å². The number of benzene rings is 1. The number of hydrogen-bond acceptors (Lipinski definition) is 3. The Hall–Kier alpha value is -2.43. The van der Waals surface area contributed by atoms with Gasteiger partial charge in [0.05, 0.1) is 17.4 Å². The molecule has 0 bridgehead atoms. The van der Waals surface area contributed by atoms with E-state index in [0.717, 1.165) is 10.9 Å². The predicted molar refractivity (Wildman–Crippen MR) is 73.9 cm³/mol. The number of rotatable bonds is 1. The maximum Gasteiger partial charge on any atom is 0.239 e. The quantitative estimate of drug-likeness (QED) is 0.635. The fourth-order valence-corrected chi connectivity index (χ4v) is 3.13. The molecule has 2 atom stereocenters. The van der Waals surface area contributed by atoms with Crippen molar-refractivity contribution >= 4 is 28.5 Å². The van der Waals surface area contributed by atoms with Crippen molar-refractivity contribution in [3.63, 3.8) is 0 Å². The van der Waals surface area contributed by atoms with E-state index in [9.17, 15) is 9.59 Å². The molecule has 2 heterocycles. The van der Waals surface area contributed by atoms with Crippen LogP contribution in [0.25, 0.3) is 10.9 Å². The largest absolute Gasteiger partial charge is 0.276 e. The number of hydrogen-bond donors (Lipinski definition) is 1. The van der Waals surface area contributed by atoms with Gasteiger partial charge in [-0.05, 0) is 25.0 Å². The molecule has 5 nitrogen and oxygen atoms in total. The Kier molecular flexibility index (Phi) is 2.30. The van der Waals surface area contributed by atoms with Gasteiger partial charge >= 0.3 is 0 Å². The molecule has 20 heavy (non-hydrogen) atoms. The van der Waals surface area contributed by atoms with Crippen LogP contribution >= 0.6 is 0 Å². The van der Waals surface area contributed by atoms with Crippen LogP contribution in [0, 0.1) is 11.8 Å². The van der Waals surface area contributed by atoms with E-state index in [2.05, 4.69) is 10.2 Å². The van der Waals surface area contributed by atoms with E-state index in [1.807, 2.05) is 36.4 Å². The number of amides is 2. The van der Waals surface area contributed by atoms with Crippen LogP contribution in [0.3, 0.4) is 0 Å². The van der Waals surface area contributed by atoms with Gasteiger partial charge in [-0.2, -0.15) is 5.10 Å². The average molecular weight is 267 g/mol. The summed E-state index contributed by atoms with van der Waals surface area (Å²) in [7, 11) is 0. The third kappa shape index (κ3) is 1.40. The van der Waals surface area contributed by atoms with Crippen LogP contribution in [0.2, 0.25) is 0 Å². The monoisotopic (exact) mass is 267 g/mol. The normalized spacial score (nSPS) is 25.5. The zero-order valence-corrected chi connectivity index (χ0v) is 10.7. The number of aromatic amines is 1. The molecule has 1 aliphatic carbocycles. The second-order valence-electron chi connectivity index (χ2n) is 5.26. The van der Waals surface area contributed by atoms with Gasteiger partial charge in [-0.15, -0.1) is 0 Å². The summed E-state index contributed by atoms with van der Waals surface area (Å²) in [5.41, 5.74) is 0.830. The van der Waals surface area contributed by atoms with Crippen LogP contribution in [0.5, 0.6) is 0 Å². The van der Waals surface area contributed by atoms with Crippen molar-refractivity contribution in [3.8, 4) is 0 Å². The molecule has 2 aromatic rings. The molecule has 2 aliphatic rings. The van der Waals surface area contributed by atoms with Crippen LogP contribution in [0.15, 0.2) is 36.4 Å². The highest BCUT2D eigenvalue weighted by atomic mass is 16.2. The Morgan fingerprint density at radius 2 is 1.70 bits per heavy atom. The molecule has 1 aromatic heterocycles. The van der Waals surface area contributed by atoms with Gasteiger partial charge in [0.25, 0.3) is 0 Å². The van der Waals surface area contributed by atoms with Gasteiger partial charge < -0.3 is 0 Å². The minimum Gasteiger partial charge on any atom is -0.276 e. The van der Waals surface area contributed by atoms with Gasteiger partial charge in [-0.3, -0.25) is 14.7 Å². The van der Waals surface area contributed by atoms with Crippen molar-refractivity contribution in [2.75, 3.05) is 4.90 Å². The number of para-hydroxylation sites is 1. The number of fused-ring (bicyclic) bond motifs is 2. The number of carbonyl (C=O) groups excluding carboxylic acids is 2. The minimum atomic E-state index is -0.219. The first kappa shape index (κ1) is 11.4. The molecule has 1 saturated heterocycles. The Morgan fingerprint density at radius 1 is 1.05 bits per heavy atom. The van der Waals surface area contributed by atoms with Gasteiger partial charge in [-0.1, -0.05) is 24.3 Å².